The minimum Gasteiger partial charge on any atom is -0.454 e. The van der Waals surface area contributed by atoms with E-state index in [1.165, 1.54) is 13.0 Å². The van der Waals surface area contributed by atoms with Crippen molar-refractivity contribution in [2.45, 2.75) is 12.5 Å². The van der Waals surface area contributed by atoms with Crippen molar-refractivity contribution in [2.75, 3.05) is 19.9 Å². The van der Waals surface area contributed by atoms with E-state index in [0.29, 0.717) is 11.5 Å². The van der Waals surface area contributed by atoms with Crippen molar-refractivity contribution >= 4 is 12.0 Å². The molecule has 0 spiro atoms. The Bertz CT molecular complexity index is 524. The zero-order valence-corrected chi connectivity index (χ0v) is 11.1. The number of carbonyl (C=O) groups excluding carboxylic acids is 1. The van der Waals surface area contributed by atoms with Crippen molar-refractivity contribution < 1.29 is 24.5 Å². The van der Waals surface area contributed by atoms with E-state index >= 15 is 0 Å². The molecule has 0 radical (unpaired) electrons. The first-order valence-electron chi connectivity index (χ1n) is 6.19. The first kappa shape index (κ1) is 14.4. The van der Waals surface area contributed by atoms with Crippen LogP contribution in [0, 0.1) is 0 Å². The van der Waals surface area contributed by atoms with Crippen LogP contribution in [0.5, 0.6) is 11.5 Å². The summed E-state index contributed by atoms with van der Waals surface area (Å²) in [6.07, 6.45) is 2.98. The number of fused-ring (bicyclic) bond motifs is 1. The molecule has 6 nitrogen and oxygen atoms in total. The second kappa shape index (κ2) is 5.94. The molecule has 108 valence electrons. The summed E-state index contributed by atoms with van der Waals surface area (Å²) in [6, 6.07) is 5.35. The highest BCUT2D eigenvalue weighted by atomic mass is 16.7. The highest BCUT2D eigenvalue weighted by molar-refractivity contribution is 5.91. The first-order chi connectivity index (χ1) is 9.50. The van der Waals surface area contributed by atoms with E-state index in [-0.39, 0.29) is 19.2 Å². The number of carbonyl (C=O) groups is 1. The van der Waals surface area contributed by atoms with E-state index in [2.05, 4.69) is 5.32 Å². The third-order valence-corrected chi connectivity index (χ3v) is 2.81. The minimum atomic E-state index is -1.32. The average molecular weight is 279 g/mol. The summed E-state index contributed by atoms with van der Waals surface area (Å²) in [7, 11) is 0. The van der Waals surface area contributed by atoms with Gasteiger partial charge in [0.1, 0.15) is 5.60 Å². The molecule has 0 aliphatic carbocycles. The first-order valence-corrected chi connectivity index (χ1v) is 6.19. The SMILES string of the molecule is CC(O)(CO)CNC(=O)C=Cc1ccc2c(c1)OCO2. The molecule has 2 rings (SSSR count). The molecule has 1 amide bonds. The van der Waals surface area contributed by atoms with Gasteiger partial charge in [-0.3, -0.25) is 4.79 Å². The topological polar surface area (TPSA) is 88.0 Å². The fraction of sp³-hybridized carbons (Fsp3) is 0.357. The highest BCUT2D eigenvalue weighted by Gasteiger charge is 2.19. The van der Waals surface area contributed by atoms with Crippen LogP contribution in [0.4, 0.5) is 0 Å². The Balaban J connectivity index is 1.91. The minimum absolute atomic E-state index is 0.0200. The van der Waals surface area contributed by atoms with Gasteiger partial charge in [-0.25, -0.2) is 0 Å². The molecule has 1 atom stereocenters. The van der Waals surface area contributed by atoms with E-state index in [0.717, 1.165) is 5.56 Å². The Kier molecular flexibility index (Phi) is 4.26. The van der Waals surface area contributed by atoms with Crippen LogP contribution in [0.1, 0.15) is 12.5 Å². The third kappa shape index (κ3) is 3.72. The molecule has 1 aromatic rings. The van der Waals surface area contributed by atoms with E-state index in [9.17, 15) is 9.90 Å². The fourth-order valence-electron chi connectivity index (χ4n) is 1.58. The zero-order chi connectivity index (χ0) is 14.6. The summed E-state index contributed by atoms with van der Waals surface area (Å²) in [5.74, 6) is 0.984. The lowest BCUT2D eigenvalue weighted by atomic mass is 10.1. The average Bonchev–Trinajstić information content (AvgIpc) is 2.90. The van der Waals surface area contributed by atoms with Gasteiger partial charge in [-0.05, 0) is 30.7 Å². The number of hydrogen-bond donors (Lipinski definition) is 3. The van der Waals surface area contributed by atoms with Crippen molar-refractivity contribution in [2.24, 2.45) is 0 Å². The van der Waals surface area contributed by atoms with Gasteiger partial charge in [-0.15, -0.1) is 0 Å². The number of aliphatic hydroxyl groups excluding tert-OH is 1. The number of rotatable bonds is 5. The maximum Gasteiger partial charge on any atom is 0.244 e. The molecule has 1 aromatic carbocycles. The molecule has 0 saturated heterocycles. The summed E-state index contributed by atoms with van der Waals surface area (Å²) in [6.45, 7) is 1.21. The summed E-state index contributed by atoms with van der Waals surface area (Å²) in [5.41, 5.74) is -0.513. The Morgan fingerprint density at radius 2 is 2.20 bits per heavy atom. The van der Waals surface area contributed by atoms with Gasteiger partial charge in [0.05, 0.1) is 6.61 Å². The quantitative estimate of drug-likeness (QED) is 0.674. The van der Waals surface area contributed by atoms with Crippen LogP contribution < -0.4 is 14.8 Å². The highest BCUT2D eigenvalue weighted by Crippen LogP contribution is 2.32. The Morgan fingerprint density at radius 1 is 1.45 bits per heavy atom. The van der Waals surface area contributed by atoms with Crippen LogP contribution in [0.2, 0.25) is 0 Å². The van der Waals surface area contributed by atoms with Crippen LogP contribution in [0.25, 0.3) is 6.08 Å². The molecule has 20 heavy (non-hydrogen) atoms. The smallest absolute Gasteiger partial charge is 0.244 e. The molecular formula is C14H17NO5. The molecule has 0 bridgehead atoms. The van der Waals surface area contributed by atoms with Gasteiger partial charge in [0.25, 0.3) is 0 Å². The summed E-state index contributed by atoms with van der Waals surface area (Å²) < 4.78 is 10.4. The normalized spacial score (nSPS) is 16.1. The number of nitrogens with one attached hydrogen (secondary N) is 1. The number of amides is 1. The molecule has 6 heteroatoms. The van der Waals surface area contributed by atoms with Gasteiger partial charge in [-0.1, -0.05) is 6.07 Å². The second-order valence-electron chi connectivity index (χ2n) is 4.82. The van der Waals surface area contributed by atoms with Crippen LogP contribution in [-0.4, -0.2) is 41.7 Å². The van der Waals surface area contributed by atoms with Crippen molar-refractivity contribution in [1.29, 1.82) is 0 Å². The number of benzene rings is 1. The zero-order valence-electron chi connectivity index (χ0n) is 11.1. The Hall–Kier alpha value is -2.05. The molecule has 0 aromatic heterocycles. The molecule has 1 aliphatic heterocycles. The maximum atomic E-state index is 11.6. The van der Waals surface area contributed by atoms with Crippen molar-refractivity contribution in [3.05, 3.63) is 29.8 Å². The van der Waals surface area contributed by atoms with Crippen LogP contribution in [0.3, 0.4) is 0 Å². The summed E-state index contributed by atoms with van der Waals surface area (Å²) in [5, 5.41) is 20.9. The molecule has 1 aliphatic rings. The molecule has 0 fully saturated rings. The number of aliphatic hydroxyl groups is 2. The summed E-state index contributed by atoms with van der Waals surface area (Å²) >= 11 is 0. The standard InChI is InChI=1S/C14H17NO5/c1-14(18,8-16)7-15-13(17)5-3-10-2-4-11-12(6-10)20-9-19-11/h2-6,16,18H,7-9H2,1H3,(H,15,17). The van der Waals surface area contributed by atoms with Gasteiger partial charge in [-0.2, -0.15) is 0 Å². The van der Waals surface area contributed by atoms with Crippen molar-refractivity contribution in [1.82, 2.24) is 5.32 Å². The molecule has 1 heterocycles. The lowest BCUT2D eigenvalue weighted by Gasteiger charge is -2.19. The number of hydrogen-bond acceptors (Lipinski definition) is 5. The molecule has 0 saturated carbocycles. The number of ether oxygens (including phenoxy) is 2. The van der Waals surface area contributed by atoms with Gasteiger partial charge in [0.15, 0.2) is 11.5 Å². The monoisotopic (exact) mass is 279 g/mol. The predicted molar refractivity (Wildman–Crippen MR) is 72.3 cm³/mol. The van der Waals surface area contributed by atoms with E-state index in [4.69, 9.17) is 14.6 Å². The second-order valence-corrected chi connectivity index (χ2v) is 4.82. The van der Waals surface area contributed by atoms with Gasteiger partial charge >= 0.3 is 0 Å². The van der Waals surface area contributed by atoms with Crippen LogP contribution in [-0.2, 0) is 4.79 Å². The molecular weight excluding hydrogens is 262 g/mol. The van der Waals surface area contributed by atoms with Crippen molar-refractivity contribution in [3.8, 4) is 11.5 Å². The van der Waals surface area contributed by atoms with E-state index < -0.39 is 12.2 Å². The van der Waals surface area contributed by atoms with Gasteiger partial charge in [0.2, 0.25) is 12.7 Å². The maximum absolute atomic E-state index is 11.6. The fourth-order valence-corrected chi connectivity index (χ4v) is 1.58. The van der Waals surface area contributed by atoms with Crippen LogP contribution >= 0.6 is 0 Å². The Labute approximate surface area is 116 Å². The molecule has 3 N–H and O–H groups in total. The van der Waals surface area contributed by atoms with Gasteiger partial charge < -0.3 is 25.0 Å². The van der Waals surface area contributed by atoms with Crippen molar-refractivity contribution in [3.63, 3.8) is 0 Å². The lowest BCUT2D eigenvalue weighted by Crippen LogP contribution is -2.42. The van der Waals surface area contributed by atoms with E-state index in [1.807, 2.05) is 0 Å². The van der Waals surface area contributed by atoms with E-state index in [1.54, 1.807) is 24.3 Å². The van der Waals surface area contributed by atoms with Crippen LogP contribution in [0.15, 0.2) is 24.3 Å². The predicted octanol–water partition coefficient (Wildman–Crippen LogP) is 0.288. The molecule has 1 unspecified atom stereocenters. The van der Waals surface area contributed by atoms with Gasteiger partial charge in [0, 0.05) is 12.6 Å². The third-order valence-electron chi connectivity index (χ3n) is 2.81. The largest absolute Gasteiger partial charge is 0.454 e. The lowest BCUT2D eigenvalue weighted by molar-refractivity contribution is -0.117. The summed E-state index contributed by atoms with van der Waals surface area (Å²) in [4.78, 5) is 11.6. The Morgan fingerprint density at radius 3 is 2.95 bits per heavy atom.